The maximum Gasteiger partial charge on any atom is 0.450 e. The van der Waals surface area contributed by atoms with Gasteiger partial charge < -0.3 is 9.73 Å². The van der Waals surface area contributed by atoms with Crippen LogP contribution in [0.25, 0.3) is 22.1 Å². The van der Waals surface area contributed by atoms with Gasteiger partial charge >= 0.3 is 6.18 Å². The van der Waals surface area contributed by atoms with Crippen molar-refractivity contribution in [2.45, 2.75) is 12.7 Å². The molecule has 0 bridgehead atoms. The summed E-state index contributed by atoms with van der Waals surface area (Å²) in [6.07, 6.45) is -3.42. The molecule has 2 heterocycles. The van der Waals surface area contributed by atoms with Crippen LogP contribution in [0.15, 0.2) is 65.2 Å². The van der Waals surface area contributed by atoms with Crippen LogP contribution in [-0.2, 0) is 12.7 Å². The molecule has 4 aromatic rings. The highest BCUT2D eigenvalue weighted by Gasteiger charge is 2.39. The molecule has 1 N–H and O–H groups in total. The van der Waals surface area contributed by atoms with Crippen molar-refractivity contribution < 1.29 is 26.4 Å². The number of hydrogen-bond acceptors (Lipinski definition) is 3. The lowest BCUT2D eigenvalue weighted by Crippen LogP contribution is -2.06. The van der Waals surface area contributed by atoms with Crippen LogP contribution in [0.2, 0.25) is 0 Å². The summed E-state index contributed by atoms with van der Waals surface area (Å²) in [5.74, 6) is -2.24. The van der Waals surface area contributed by atoms with Crippen molar-refractivity contribution in [3.05, 3.63) is 83.8 Å². The molecule has 0 saturated heterocycles. The third-order valence-corrected chi connectivity index (χ3v) is 4.41. The summed E-state index contributed by atoms with van der Waals surface area (Å²) >= 11 is 0. The highest BCUT2D eigenvalue weighted by molar-refractivity contribution is 5.95. The van der Waals surface area contributed by atoms with E-state index in [0.717, 1.165) is 12.1 Å². The van der Waals surface area contributed by atoms with E-state index in [2.05, 4.69) is 10.3 Å². The lowest BCUT2D eigenvalue weighted by atomic mass is 10.0. The van der Waals surface area contributed by atoms with Crippen LogP contribution >= 0.6 is 0 Å². The summed E-state index contributed by atoms with van der Waals surface area (Å²) in [5, 5.41) is 3.08. The van der Waals surface area contributed by atoms with Crippen molar-refractivity contribution in [1.29, 1.82) is 0 Å². The largest absolute Gasteiger partial charge is 0.451 e. The van der Waals surface area contributed by atoms with Crippen LogP contribution in [0.1, 0.15) is 11.3 Å². The lowest BCUT2D eigenvalue weighted by molar-refractivity contribution is -0.151. The summed E-state index contributed by atoms with van der Waals surface area (Å²) in [5.41, 5.74) is 0.0720. The molecular formula is C21H13F5N2O. The Morgan fingerprint density at radius 2 is 1.62 bits per heavy atom. The summed E-state index contributed by atoms with van der Waals surface area (Å²) in [6.45, 7) is -0.159. The highest BCUT2D eigenvalue weighted by Crippen LogP contribution is 2.43. The minimum Gasteiger partial charge on any atom is -0.451 e. The molecule has 0 amide bonds. The molecule has 0 unspecified atom stereocenters. The van der Waals surface area contributed by atoms with Crippen LogP contribution in [0.3, 0.4) is 0 Å². The molecule has 4 rings (SSSR count). The van der Waals surface area contributed by atoms with Crippen molar-refractivity contribution in [3.63, 3.8) is 0 Å². The van der Waals surface area contributed by atoms with Gasteiger partial charge in [-0.3, -0.25) is 0 Å². The Kier molecular flexibility index (Phi) is 4.70. The number of anilines is 1. The van der Waals surface area contributed by atoms with E-state index in [-0.39, 0.29) is 34.6 Å². The Bertz CT molecular complexity index is 1150. The lowest BCUT2D eigenvalue weighted by Gasteiger charge is -2.09. The molecule has 29 heavy (non-hydrogen) atoms. The molecule has 8 heteroatoms. The molecule has 0 aliphatic carbocycles. The number of para-hydroxylation sites is 1. The molecular weight excluding hydrogens is 391 g/mol. The molecule has 3 nitrogen and oxygen atoms in total. The monoisotopic (exact) mass is 404 g/mol. The number of benzene rings is 2. The highest BCUT2D eigenvalue weighted by atomic mass is 19.4. The first-order valence-corrected chi connectivity index (χ1v) is 8.56. The second-order valence-electron chi connectivity index (χ2n) is 6.29. The quantitative estimate of drug-likeness (QED) is 0.400. The SMILES string of the molecule is Fc1cccc(F)c1CNc1ccc(-c2c(C(F)(F)F)oc3ccccc23)cn1. The van der Waals surface area contributed by atoms with Gasteiger partial charge in [0.25, 0.3) is 0 Å². The van der Waals surface area contributed by atoms with Gasteiger partial charge in [0, 0.05) is 34.8 Å². The maximum absolute atomic E-state index is 13.7. The number of aromatic nitrogens is 1. The minimum atomic E-state index is -4.67. The zero-order valence-corrected chi connectivity index (χ0v) is 14.7. The molecule has 0 fully saturated rings. The summed E-state index contributed by atoms with van der Waals surface area (Å²) in [4.78, 5) is 4.07. The third kappa shape index (κ3) is 3.65. The van der Waals surface area contributed by atoms with Gasteiger partial charge in [-0.15, -0.1) is 0 Å². The van der Waals surface area contributed by atoms with Crippen LogP contribution in [0.4, 0.5) is 27.8 Å². The molecule has 0 saturated carbocycles. The Balaban J connectivity index is 1.65. The predicted octanol–water partition coefficient (Wildman–Crippen LogP) is 6.40. The first kappa shape index (κ1) is 18.9. The average molecular weight is 404 g/mol. The average Bonchev–Trinajstić information content (AvgIpc) is 3.08. The van der Waals surface area contributed by atoms with Gasteiger partial charge in [-0.05, 0) is 30.3 Å². The van der Waals surface area contributed by atoms with Crippen molar-refractivity contribution in [1.82, 2.24) is 4.98 Å². The molecule has 0 spiro atoms. The van der Waals surface area contributed by atoms with Crippen LogP contribution < -0.4 is 5.32 Å². The van der Waals surface area contributed by atoms with E-state index in [1.165, 1.54) is 36.5 Å². The summed E-state index contributed by atoms with van der Waals surface area (Å²) in [6, 6.07) is 12.6. The van der Waals surface area contributed by atoms with Gasteiger partial charge in [-0.1, -0.05) is 24.3 Å². The first-order chi connectivity index (χ1) is 13.8. The zero-order valence-electron chi connectivity index (χ0n) is 14.7. The van der Waals surface area contributed by atoms with Crippen LogP contribution in [0.5, 0.6) is 0 Å². The standard InChI is InChI=1S/C21H13F5N2O/c22-15-5-3-6-16(23)14(15)11-28-18-9-8-12(10-27-18)19-13-4-1-2-7-17(13)29-20(19)21(24,25)26/h1-10H,11H2,(H,27,28). The van der Waals surface area contributed by atoms with Gasteiger partial charge in [-0.2, -0.15) is 13.2 Å². The van der Waals surface area contributed by atoms with E-state index in [1.54, 1.807) is 12.1 Å². The fourth-order valence-corrected chi connectivity index (χ4v) is 3.06. The number of pyridine rings is 1. The Morgan fingerprint density at radius 3 is 2.28 bits per heavy atom. The fourth-order valence-electron chi connectivity index (χ4n) is 3.06. The van der Waals surface area contributed by atoms with Crippen LogP contribution in [0, 0.1) is 11.6 Å². The molecule has 148 valence electrons. The normalized spacial score (nSPS) is 11.8. The topological polar surface area (TPSA) is 38.1 Å². The summed E-state index contributed by atoms with van der Waals surface area (Å²) < 4.78 is 72.7. The van der Waals surface area contributed by atoms with Gasteiger partial charge in [0.15, 0.2) is 0 Å². The molecule has 0 radical (unpaired) electrons. The zero-order chi connectivity index (χ0) is 20.6. The Labute approximate surface area is 161 Å². The van der Waals surface area contributed by atoms with Crippen molar-refractivity contribution >= 4 is 16.8 Å². The van der Waals surface area contributed by atoms with E-state index in [4.69, 9.17) is 4.42 Å². The number of hydrogen-bond donors (Lipinski definition) is 1. The predicted molar refractivity (Wildman–Crippen MR) is 98.1 cm³/mol. The van der Waals surface area contributed by atoms with Crippen molar-refractivity contribution in [2.75, 3.05) is 5.32 Å². The Hall–Kier alpha value is -3.42. The number of alkyl halides is 3. The minimum absolute atomic E-state index is 0.104. The smallest absolute Gasteiger partial charge is 0.450 e. The number of halogens is 5. The van der Waals surface area contributed by atoms with E-state index in [9.17, 15) is 22.0 Å². The maximum atomic E-state index is 13.7. The summed E-state index contributed by atoms with van der Waals surface area (Å²) in [7, 11) is 0. The number of nitrogens with zero attached hydrogens (tertiary/aromatic N) is 1. The molecule has 0 atom stereocenters. The number of fused-ring (bicyclic) bond motifs is 1. The van der Waals surface area contributed by atoms with Crippen LogP contribution in [-0.4, -0.2) is 4.98 Å². The van der Waals surface area contributed by atoms with Gasteiger partial charge in [0.2, 0.25) is 5.76 Å². The van der Waals surface area contributed by atoms with Crippen molar-refractivity contribution in [3.8, 4) is 11.1 Å². The number of nitrogens with one attached hydrogen (secondary N) is 1. The third-order valence-electron chi connectivity index (χ3n) is 4.41. The van der Waals surface area contributed by atoms with E-state index in [1.807, 2.05) is 0 Å². The first-order valence-electron chi connectivity index (χ1n) is 8.56. The van der Waals surface area contributed by atoms with E-state index < -0.39 is 23.6 Å². The van der Waals surface area contributed by atoms with E-state index in [0.29, 0.717) is 5.39 Å². The number of rotatable bonds is 4. The van der Waals surface area contributed by atoms with Gasteiger partial charge in [0.05, 0.1) is 0 Å². The molecule has 2 aromatic carbocycles. The van der Waals surface area contributed by atoms with E-state index >= 15 is 0 Å². The second kappa shape index (κ2) is 7.20. The Morgan fingerprint density at radius 1 is 0.897 bits per heavy atom. The molecule has 2 aromatic heterocycles. The molecule has 0 aliphatic heterocycles. The van der Waals surface area contributed by atoms with Crippen molar-refractivity contribution in [2.24, 2.45) is 0 Å². The van der Waals surface area contributed by atoms with Gasteiger partial charge in [-0.25, -0.2) is 13.8 Å². The molecule has 0 aliphatic rings. The number of furan rings is 1. The fraction of sp³-hybridized carbons (Fsp3) is 0.0952. The van der Waals surface area contributed by atoms with Gasteiger partial charge in [0.1, 0.15) is 23.0 Å². The second-order valence-corrected chi connectivity index (χ2v) is 6.29.